The van der Waals surface area contributed by atoms with E-state index in [9.17, 15) is 0 Å². The molecule has 212 valence electrons. The molecule has 0 aliphatic carbocycles. The molecule has 0 aromatic heterocycles. The van der Waals surface area contributed by atoms with Gasteiger partial charge in [-0.25, -0.2) is 0 Å². The molecule has 2 radical (unpaired) electrons. The van der Waals surface area contributed by atoms with Crippen molar-refractivity contribution in [2.45, 2.75) is 90.0 Å². The van der Waals surface area contributed by atoms with Crippen molar-refractivity contribution < 1.29 is 0 Å². The summed E-state index contributed by atoms with van der Waals surface area (Å²) in [4.78, 5) is 0. The summed E-state index contributed by atoms with van der Waals surface area (Å²) in [6.07, 6.45) is 0. The first-order valence-electron chi connectivity index (χ1n) is 14.8. The molecule has 0 heterocycles. The van der Waals surface area contributed by atoms with E-state index in [1.807, 2.05) is 0 Å². The van der Waals surface area contributed by atoms with E-state index in [2.05, 4.69) is 139 Å². The van der Waals surface area contributed by atoms with Gasteiger partial charge in [-0.1, -0.05) is 0 Å². The first kappa shape index (κ1) is 31.6. The van der Waals surface area contributed by atoms with Gasteiger partial charge < -0.3 is 0 Å². The molecular formula is C38H47Ge2N. The summed E-state index contributed by atoms with van der Waals surface area (Å²) in [5.74, 6) is 0. The van der Waals surface area contributed by atoms with Gasteiger partial charge in [-0.2, -0.15) is 0 Å². The molecule has 0 aliphatic heterocycles. The minimum absolute atomic E-state index is 1.34. The van der Waals surface area contributed by atoms with Crippen LogP contribution in [0.15, 0.2) is 52.5 Å². The zero-order valence-electron chi connectivity index (χ0n) is 27.6. The van der Waals surface area contributed by atoms with E-state index in [1.54, 1.807) is 8.79 Å². The van der Waals surface area contributed by atoms with Crippen LogP contribution in [0.3, 0.4) is 0 Å². The number of hydrogen-bond donors (Lipinski definition) is 0. The molecule has 0 saturated heterocycles. The van der Waals surface area contributed by atoms with E-state index in [-0.39, 0.29) is 0 Å². The van der Waals surface area contributed by atoms with Crippen LogP contribution in [0, 0.1) is 83.1 Å². The third-order valence-electron chi connectivity index (χ3n) is 8.32. The SMILES string of the molecule is C/[C](=[N]/[Ge]([c]1c(C)cc(C)cc1C)[c]1c(C)cc(C)cc1C)[Ge]([c]1c(C)cc(C)cc1C)[c]1c(C)cc(C)cc1C. The Morgan fingerprint density at radius 2 is 0.610 bits per heavy atom. The van der Waals surface area contributed by atoms with Gasteiger partial charge in [0.2, 0.25) is 0 Å². The van der Waals surface area contributed by atoms with E-state index < -0.39 is 28.9 Å². The first-order chi connectivity index (χ1) is 19.2. The molecule has 0 fully saturated rings. The van der Waals surface area contributed by atoms with Gasteiger partial charge in [0, 0.05) is 0 Å². The monoisotopic (exact) mass is 665 g/mol. The second kappa shape index (κ2) is 12.5. The summed E-state index contributed by atoms with van der Waals surface area (Å²) < 4.78 is 13.7. The van der Waals surface area contributed by atoms with Crippen molar-refractivity contribution in [1.29, 1.82) is 0 Å². The van der Waals surface area contributed by atoms with Crippen molar-refractivity contribution in [1.82, 2.24) is 0 Å². The van der Waals surface area contributed by atoms with Gasteiger partial charge in [0.25, 0.3) is 0 Å². The molecular weight excluding hydrogens is 616 g/mol. The standard InChI is InChI=1S/C38H47Ge2N/c1-22-14-26(5)35(27(6)15-22)39(36-28(7)16-23(2)17-29(36)8)34(13)41-40(37-30(9)18-24(3)19-31(37)10)38-32(11)20-25(4)21-33(38)12/h14-21H,1-13H3/b41-34-. The average molecular weight is 663 g/mol. The van der Waals surface area contributed by atoms with Gasteiger partial charge in [0.1, 0.15) is 0 Å². The normalized spacial score (nSPS) is 12.1. The van der Waals surface area contributed by atoms with E-state index in [0.717, 1.165) is 0 Å². The molecule has 3 heteroatoms. The molecule has 4 rings (SSSR count). The van der Waals surface area contributed by atoms with Crippen molar-refractivity contribution in [3.8, 4) is 0 Å². The third kappa shape index (κ3) is 6.52. The molecule has 0 N–H and O–H groups in total. The maximum atomic E-state index is 6.04. The Balaban J connectivity index is 2.10. The van der Waals surface area contributed by atoms with Gasteiger partial charge in [-0.3, -0.25) is 0 Å². The van der Waals surface area contributed by atoms with Crippen LogP contribution >= 0.6 is 0 Å². The zero-order valence-corrected chi connectivity index (χ0v) is 31.8. The molecule has 0 spiro atoms. The fourth-order valence-corrected chi connectivity index (χ4v) is 21.3. The molecule has 0 amide bonds. The minimum atomic E-state index is -2.35. The van der Waals surface area contributed by atoms with E-state index in [4.69, 9.17) is 3.95 Å². The second-order valence-electron chi connectivity index (χ2n) is 12.5. The van der Waals surface area contributed by atoms with E-state index in [1.165, 1.54) is 80.1 Å². The van der Waals surface area contributed by atoms with Gasteiger partial charge in [-0.15, -0.1) is 0 Å². The summed E-state index contributed by atoms with van der Waals surface area (Å²) >= 11 is -4.58. The van der Waals surface area contributed by atoms with Crippen molar-refractivity contribution in [3.63, 3.8) is 0 Å². The Labute approximate surface area is 259 Å². The fraction of sp³-hybridized carbons (Fsp3) is 0.342. The summed E-state index contributed by atoms with van der Waals surface area (Å²) in [7, 11) is 0. The van der Waals surface area contributed by atoms with Crippen LogP contribution in [-0.2, 0) is 0 Å². The third-order valence-corrected chi connectivity index (χ3v) is 22.9. The van der Waals surface area contributed by atoms with Crippen LogP contribution in [-0.4, -0.2) is 33.5 Å². The van der Waals surface area contributed by atoms with Crippen LogP contribution in [0.4, 0.5) is 0 Å². The Kier molecular flexibility index (Phi) is 9.60. The molecule has 1 nitrogen and oxygen atoms in total. The fourth-order valence-electron chi connectivity index (χ4n) is 7.20. The molecule has 4 aromatic carbocycles. The van der Waals surface area contributed by atoms with Gasteiger partial charge in [0.15, 0.2) is 0 Å². The molecule has 0 unspecified atom stereocenters. The number of hydrogen-bond acceptors (Lipinski definition) is 1. The van der Waals surface area contributed by atoms with Gasteiger partial charge >= 0.3 is 260 Å². The van der Waals surface area contributed by atoms with Gasteiger partial charge in [-0.05, 0) is 0 Å². The van der Waals surface area contributed by atoms with Crippen molar-refractivity contribution >= 4 is 51.0 Å². The number of aryl methyl sites for hydroxylation is 12. The molecule has 41 heavy (non-hydrogen) atoms. The van der Waals surface area contributed by atoms with Crippen molar-refractivity contribution in [2.75, 3.05) is 0 Å². The second-order valence-corrected chi connectivity index (χ2v) is 21.7. The molecule has 0 saturated carbocycles. The Morgan fingerprint density at radius 3 is 0.854 bits per heavy atom. The van der Waals surface area contributed by atoms with Crippen molar-refractivity contribution in [3.05, 3.63) is 115 Å². The topological polar surface area (TPSA) is 12.4 Å². The summed E-state index contributed by atoms with van der Waals surface area (Å²) in [5, 5.41) is 0. The Morgan fingerprint density at radius 1 is 0.390 bits per heavy atom. The Bertz CT molecular complexity index is 1470. The van der Waals surface area contributed by atoms with Crippen LogP contribution in [0.2, 0.25) is 0 Å². The van der Waals surface area contributed by atoms with Crippen LogP contribution in [0.5, 0.6) is 0 Å². The Hall–Kier alpha value is -2.36. The van der Waals surface area contributed by atoms with Crippen LogP contribution in [0.25, 0.3) is 0 Å². The number of rotatable bonds is 6. The first-order valence-corrected chi connectivity index (χ1v) is 21.0. The maximum absolute atomic E-state index is 6.04. The quantitative estimate of drug-likeness (QED) is 0.159. The summed E-state index contributed by atoms with van der Waals surface area (Å²) in [6.45, 7) is 29.8. The van der Waals surface area contributed by atoms with Crippen LogP contribution < -0.4 is 17.6 Å². The number of nitrogens with zero attached hydrogens (tertiary/aromatic N) is 1. The average Bonchev–Trinajstić information content (AvgIpc) is 2.80. The summed E-state index contributed by atoms with van der Waals surface area (Å²) in [5.41, 5.74) is 16.7. The van der Waals surface area contributed by atoms with Crippen LogP contribution in [0.1, 0.15) is 73.7 Å². The molecule has 4 aromatic rings. The van der Waals surface area contributed by atoms with E-state index >= 15 is 0 Å². The van der Waals surface area contributed by atoms with Gasteiger partial charge in [0.05, 0.1) is 0 Å². The summed E-state index contributed by atoms with van der Waals surface area (Å²) in [6, 6.07) is 19.1. The van der Waals surface area contributed by atoms with Crippen molar-refractivity contribution in [2.24, 2.45) is 3.95 Å². The van der Waals surface area contributed by atoms with E-state index in [0.29, 0.717) is 0 Å². The predicted molar refractivity (Wildman–Crippen MR) is 186 cm³/mol. The number of benzene rings is 4. The molecule has 0 atom stereocenters. The predicted octanol–water partition coefficient (Wildman–Crippen LogP) is 6.80. The molecule has 0 bridgehead atoms. The molecule has 0 aliphatic rings. The zero-order chi connectivity index (χ0) is 30.3.